The molecule has 2 aromatic rings. The van der Waals surface area contributed by atoms with Crippen molar-refractivity contribution in [3.05, 3.63) is 6.33 Å². The topological polar surface area (TPSA) is 156 Å². The SMILES string of the molecule is CNc1nc(N)nc2c1ncn2C1OC(CO[P+](=O)NC(C)C(=O)OC(C)C)C[C@@H]1Cl. The average molecular weight is 475 g/mol. The Bertz CT molecular complexity index is 958. The van der Waals surface area contributed by atoms with Gasteiger partial charge in [0.2, 0.25) is 5.95 Å². The Morgan fingerprint density at radius 3 is 2.87 bits per heavy atom. The number of hydrogen-bond acceptors (Lipinski definition) is 10. The van der Waals surface area contributed by atoms with Crippen LogP contribution in [0.5, 0.6) is 0 Å². The van der Waals surface area contributed by atoms with Crippen molar-refractivity contribution in [1.82, 2.24) is 24.6 Å². The second-order valence-corrected chi connectivity index (χ2v) is 8.89. The fourth-order valence-electron chi connectivity index (χ4n) is 3.08. The lowest BCUT2D eigenvalue weighted by atomic mass is 10.2. The Balaban J connectivity index is 1.59. The third kappa shape index (κ3) is 5.58. The highest BCUT2D eigenvalue weighted by atomic mass is 35.5. The van der Waals surface area contributed by atoms with E-state index in [9.17, 15) is 9.36 Å². The molecule has 14 heteroatoms. The highest BCUT2D eigenvalue weighted by Gasteiger charge is 2.39. The summed E-state index contributed by atoms with van der Waals surface area (Å²) in [4.78, 5) is 24.5. The number of hydrogen-bond donors (Lipinski definition) is 3. The number of aromatic nitrogens is 4. The number of carbonyl (C=O) groups is 1. The second kappa shape index (κ2) is 10.0. The maximum Gasteiger partial charge on any atom is 0.613 e. The van der Waals surface area contributed by atoms with Crippen molar-refractivity contribution >= 4 is 48.7 Å². The van der Waals surface area contributed by atoms with Gasteiger partial charge in [-0.05, 0) is 31.8 Å². The number of rotatable bonds is 9. The molecule has 4 unspecified atom stereocenters. The minimum absolute atomic E-state index is 0.0272. The number of carbonyl (C=O) groups excluding carboxylic acids is 1. The van der Waals surface area contributed by atoms with E-state index in [1.54, 1.807) is 38.7 Å². The molecule has 3 rings (SSSR count). The van der Waals surface area contributed by atoms with Gasteiger partial charge in [0.05, 0.1) is 23.9 Å². The van der Waals surface area contributed by atoms with Gasteiger partial charge in [0.25, 0.3) is 0 Å². The Labute approximate surface area is 185 Å². The summed E-state index contributed by atoms with van der Waals surface area (Å²) in [5.41, 5.74) is 6.81. The molecule has 1 aliphatic rings. The maximum atomic E-state index is 12.1. The molecule has 3 heterocycles. The zero-order valence-electron chi connectivity index (χ0n) is 17.6. The number of nitrogens with zero attached hydrogens (tertiary/aromatic N) is 4. The molecular formula is C17H26ClN7O5P+. The molecule has 31 heavy (non-hydrogen) atoms. The molecule has 0 amide bonds. The van der Waals surface area contributed by atoms with E-state index >= 15 is 0 Å². The molecule has 1 fully saturated rings. The summed E-state index contributed by atoms with van der Waals surface area (Å²) >= 11 is 6.50. The lowest BCUT2D eigenvalue weighted by Crippen LogP contribution is -2.33. The molecule has 0 spiro atoms. The molecule has 1 aliphatic heterocycles. The molecule has 1 saturated heterocycles. The molecule has 170 valence electrons. The van der Waals surface area contributed by atoms with Gasteiger partial charge < -0.3 is 20.5 Å². The summed E-state index contributed by atoms with van der Waals surface area (Å²) < 4.78 is 30.2. The maximum absolute atomic E-state index is 12.1. The van der Waals surface area contributed by atoms with Crippen molar-refractivity contribution in [2.24, 2.45) is 0 Å². The monoisotopic (exact) mass is 474 g/mol. The van der Waals surface area contributed by atoms with Gasteiger partial charge in [0.1, 0.15) is 12.6 Å². The molecule has 0 aromatic carbocycles. The van der Waals surface area contributed by atoms with Crippen LogP contribution in [0.2, 0.25) is 0 Å². The van der Waals surface area contributed by atoms with Gasteiger partial charge in [0.15, 0.2) is 23.2 Å². The van der Waals surface area contributed by atoms with Crippen LogP contribution in [0.15, 0.2) is 6.33 Å². The van der Waals surface area contributed by atoms with Crippen LogP contribution in [0.25, 0.3) is 11.2 Å². The first-order valence-corrected chi connectivity index (χ1v) is 11.3. The summed E-state index contributed by atoms with van der Waals surface area (Å²) in [5.74, 6) is 0.0864. The van der Waals surface area contributed by atoms with Crippen LogP contribution in [0.3, 0.4) is 0 Å². The summed E-state index contributed by atoms with van der Waals surface area (Å²) in [6, 6.07) is -0.771. The van der Waals surface area contributed by atoms with Crippen LogP contribution in [0.1, 0.15) is 33.4 Å². The molecule has 4 N–H and O–H groups in total. The predicted molar refractivity (Wildman–Crippen MR) is 115 cm³/mol. The molecule has 0 saturated carbocycles. The highest BCUT2D eigenvalue weighted by molar-refractivity contribution is 7.36. The number of halogens is 1. The smallest absolute Gasteiger partial charge is 0.462 e. The Morgan fingerprint density at radius 2 is 2.19 bits per heavy atom. The van der Waals surface area contributed by atoms with Crippen LogP contribution >= 0.6 is 19.8 Å². The van der Waals surface area contributed by atoms with Crippen LogP contribution in [-0.2, 0) is 23.4 Å². The largest absolute Gasteiger partial charge is 0.613 e. The highest BCUT2D eigenvalue weighted by Crippen LogP contribution is 2.36. The number of nitrogens with one attached hydrogen (secondary N) is 2. The van der Waals surface area contributed by atoms with Crippen LogP contribution in [-0.4, -0.2) is 62.8 Å². The first-order chi connectivity index (χ1) is 14.7. The first kappa shape index (κ1) is 23.6. The molecule has 0 radical (unpaired) electrons. The quantitative estimate of drug-likeness (QED) is 0.277. The number of imidazole rings is 1. The van der Waals surface area contributed by atoms with E-state index in [0.717, 1.165) is 0 Å². The zero-order valence-corrected chi connectivity index (χ0v) is 19.3. The predicted octanol–water partition coefficient (Wildman–Crippen LogP) is 1.95. The van der Waals surface area contributed by atoms with E-state index in [4.69, 9.17) is 31.3 Å². The number of anilines is 2. The first-order valence-electron chi connectivity index (χ1n) is 9.73. The molecule has 2 aromatic heterocycles. The Kier molecular flexibility index (Phi) is 7.60. The summed E-state index contributed by atoms with van der Waals surface area (Å²) in [6.07, 6.45) is 0.785. The Hall–Kier alpha value is -2.11. The average Bonchev–Trinajstić information content (AvgIpc) is 3.27. The summed E-state index contributed by atoms with van der Waals surface area (Å²) in [5, 5.41) is 5.10. The molecule has 0 aliphatic carbocycles. The van der Waals surface area contributed by atoms with Gasteiger partial charge in [-0.25, -0.2) is 4.98 Å². The van der Waals surface area contributed by atoms with Crippen molar-refractivity contribution < 1.29 is 23.4 Å². The van der Waals surface area contributed by atoms with Crippen LogP contribution in [0, 0.1) is 0 Å². The summed E-state index contributed by atoms with van der Waals surface area (Å²) in [7, 11) is -0.584. The number of nitrogens with two attached hydrogens (primary N) is 1. The normalized spacial score (nSPS) is 22.6. The van der Waals surface area contributed by atoms with E-state index in [1.165, 1.54) is 0 Å². The number of fused-ring (bicyclic) bond motifs is 1. The third-order valence-corrected chi connectivity index (χ3v) is 5.84. The third-order valence-electron chi connectivity index (χ3n) is 4.46. The number of nitrogen functional groups attached to an aromatic ring is 1. The van der Waals surface area contributed by atoms with E-state index in [1.807, 2.05) is 0 Å². The van der Waals surface area contributed by atoms with E-state index in [-0.39, 0.29) is 18.7 Å². The number of alkyl halides is 1. The van der Waals surface area contributed by atoms with Gasteiger partial charge in [-0.2, -0.15) is 9.97 Å². The van der Waals surface area contributed by atoms with Gasteiger partial charge in [-0.1, -0.05) is 5.09 Å². The minimum Gasteiger partial charge on any atom is -0.462 e. The molecule has 12 nitrogen and oxygen atoms in total. The molecular weight excluding hydrogens is 449 g/mol. The van der Waals surface area contributed by atoms with Gasteiger partial charge >= 0.3 is 14.1 Å². The molecule has 0 bridgehead atoms. The second-order valence-electron chi connectivity index (χ2n) is 7.29. The minimum atomic E-state index is -2.29. The lowest BCUT2D eigenvalue weighted by Gasteiger charge is -2.16. The van der Waals surface area contributed by atoms with Crippen LogP contribution in [0.4, 0.5) is 11.8 Å². The fraction of sp³-hybridized carbons (Fsp3) is 0.647. The molecule has 5 atom stereocenters. The van der Waals surface area contributed by atoms with Gasteiger partial charge in [-0.15, -0.1) is 16.1 Å². The van der Waals surface area contributed by atoms with Gasteiger partial charge in [-0.3, -0.25) is 9.36 Å². The lowest BCUT2D eigenvalue weighted by molar-refractivity contribution is -0.149. The summed E-state index contributed by atoms with van der Waals surface area (Å²) in [6.45, 7) is 5.05. The standard InChI is InChI=1S/C17H26ClN7O5P/c1-8(2)29-16(26)9(3)24-31(27)28-6-10-5-11(18)15(30-10)25-7-21-12-13(20-4)22-17(19)23-14(12)25/h7-11,15H,5-6H2,1-4H3,(H,24,27)(H3,19,20,22,23)/q+1/t9?,10?,11-,15?/m0/s1. The van der Waals surface area contributed by atoms with Crippen molar-refractivity contribution in [3.8, 4) is 0 Å². The van der Waals surface area contributed by atoms with E-state index in [0.29, 0.717) is 23.4 Å². The number of ether oxygens (including phenoxy) is 2. The fourth-order valence-corrected chi connectivity index (χ4v) is 4.26. The van der Waals surface area contributed by atoms with E-state index < -0.39 is 37.9 Å². The zero-order chi connectivity index (χ0) is 22.7. The van der Waals surface area contributed by atoms with E-state index in [2.05, 4.69) is 25.4 Å². The van der Waals surface area contributed by atoms with Crippen molar-refractivity contribution in [1.29, 1.82) is 0 Å². The Morgan fingerprint density at radius 1 is 1.45 bits per heavy atom. The van der Waals surface area contributed by atoms with Crippen LogP contribution < -0.4 is 16.1 Å². The van der Waals surface area contributed by atoms with Gasteiger partial charge in [0, 0.05) is 7.05 Å². The van der Waals surface area contributed by atoms with Crippen molar-refractivity contribution in [2.45, 2.75) is 57.0 Å². The van der Waals surface area contributed by atoms with Crippen molar-refractivity contribution in [2.75, 3.05) is 24.7 Å². The number of esters is 1. The van der Waals surface area contributed by atoms with Crippen molar-refractivity contribution in [3.63, 3.8) is 0 Å².